The Morgan fingerprint density at radius 3 is 2.62 bits per heavy atom. The molecule has 3 nitrogen and oxygen atoms in total. The summed E-state index contributed by atoms with van der Waals surface area (Å²) in [7, 11) is 0. The lowest BCUT2D eigenvalue weighted by molar-refractivity contribution is 0.108. The third kappa shape index (κ3) is 3.37. The third-order valence-electron chi connectivity index (χ3n) is 2.67. The number of hydrogen-bond donors (Lipinski definition) is 1. The van der Waals surface area contributed by atoms with Crippen molar-refractivity contribution in [3.05, 3.63) is 27.8 Å². The molecule has 1 aliphatic rings. The minimum Gasteiger partial charge on any atom is -0.446 e. The molecule has 1 N–H and O–H groups in total. The highest BCUT2D eigenvalue weighted by molar-refractivity contribution is 14.1. The highest BCUT2D eigenvalue weighted by atomic mass is 127. The Hall–Kier alpha value is -0.780. The largest absolute Gasteiger partial charge is 0.446 e. The topological polar surface area (TPSA) is 38.3 Å². The van der Waals surface area contributed by atoms with E-state index in [-0.39, 0.29) is 12.2 Å². The van der Waals surface area contributed by atoms with E-state index < -0.39 is 0 Å². The van der Waals surface area contributed by atoms with Gasteiger partial charge in [0.25, 0.3) is 0 Å². The Kier molecular flexibility index (Phi) is 3.68. The maximum absolute atomic E-state index is 11.5. The summed E-state index contributed by atoms with van der Waals surface area (Å²) in [4.78, 5) is 11.5. The van der Waals surface area contributed by atoms with Gasteiger partial charge in [0, 0.05) is 9.26 Å². The monoisotopic (exact) mass is 331 g/mol. The Bertz CT molecular complexity index is 373. The summed E-state index contributed by atoms with van der Waals surface area (Å²) in [6.45, 7) is 1.95. The molecule has 2 rings (SSSR count). The van der Waals surface area contributed by atoms with Crippen LogP contribution in [0.15, 0.2) is 24.3 Å². The molecule has 1 aromatic carbocycles. The van der Waals surface area contributed by atoms with Gasteiger partial charge in [-0.05, 0) is 72.5 Å². The van der Waals surface area contributed by atoms with Crippen LogP contribution in [0.25, 0.3) is 0 Å². The summed E-state index contributed by atoms with van der Waals surface area (Å²) >= 11 is 2.22. The zero-order chi connectivity index (χ0) is 11.5. The van der Waals surface area contributed by atoms with Crippen molar-refractivity contribution in [2.75, 3.05) is 5.32 Å². The van der Waals surface area contributed by atoms with Gasteiger partial charge in [0.05, 0.1) is 0 Å². The number of rotatable bonds is 3. The predicted molar refractivity (Wildman–Crippen MR) is 71.4 cm³/mol. The van der Waals surface area contributed by atoms with Gasteiger partial charge in [-0.1, -0.05) is 0 Å². The zero-order valence-corrected chi connectivity index (χ0v) is 11.2. The number of carbonyl (C=O) groups excluding carboxylic acids is 1. The molecule has 1 amide bonds. The van der Waals surface area contributed by atoms with Crippen LogP contribution < -0.4 is 5.32 Å². The Morgan fingerprint density at radius 2 is 2.06 bits per heavy atom. The zero-order valence-electron chi connectivity index (χ0n) is 9.07. The second-order valence-corrected chi connectivity index (χ2v) is 5.33. The van der Waals surface area contributed by atoms with Crippen LogP contribution in [0.4, 0.5) is 10.5 Å². The minimum atomic E-state index is -0.361. The van der Waals surface area contributed by atoms with Crippen molar-refractivity contribution in [3.8, 4) is 0 Å². The summed E-state index contributed by atoms with van der Waals surface area (Å²) in [5.41, 5.74) is 0.772. The molecular formula is C12H14INO2. The van der Waals surface area contributed by atoms with E-state index in [2.05, 4.69) is 27.9 Å². The lowest BCUT2D eigenvalue weighted by atomic mass is 10.3. The molecule has 4 heteroatoms. The summed E-state index contributed by atoms with van der Waals surface area (Å²) in [6.07, 6.45) is 2.03. The average molecular weight is 331 g/mol. The van der Waals surface area contributed by atoms with E-state index in [0.717, 1.165) is 9.26 Å². The summed E-state index contributed by atoms with van der Waals surface area (Å²) < 4.78 is 6.40. The number of hydrogen-bond acceptors (Lipinski definition) is 2. The Morgan fingerprint density at radius 1 is 1.44 bits per heavy atom. The van der Waals surface area contributed by atoms with E-state index in [0.29, 0.717) is 5.92 Å². The van der Waals surface area contributed by atoms with Crippen LogP contribution >= 0.6 is 22.6 Å². The van der Waals surface area contributed by atoms with Gasteiger partial charge in [-0.15, -0.1) is 0 Å². The first kappa shape index (κ1) is 11.7. The van der Waals surface area contributed by atoms with Crippen LogP contribution in [0, 0.1) is 9.49 Å². The second kappa shape index (κ2) is 5.03. The predicted octanol–water partition coefficient (Wildman–Crippen LogP) is 3.64. The third-order valence-corrected chi connectivity index (χ3v) is 3.39. The molecule has 1 atom stereocenters. The molecule has 86 valence electrons. The number of amides is 1. The van der Waals surface area contributed by atoms with Crippen molar-refractivity contribution >= 4 is 34.4 Å². The molecule has 0 aliphatic heterocycles. The fourth-order valence-electron chi connectivity index (χ4n) is 1.51. The minimum absolute atomic E-state index is 0.0313. The normalized spacial score (nSPS) is 16.6. The van der Waals surface area contributed by atoms with E-state index in [1.54, 1.807) is 0 Å². The average Bonchev–Trinajstić information content (AvgIpc) is 3.04. The van der Waals surface area contributed by atoms with E-state index in [1.807, 2.05) is 31.2 Å². The highest BCUT2D eigenvalue weighted by Gasteiger charge is 2.30. The maximum Gasteiger partial charge on any atom is 0.411 e. The lowest BCUT2D eigenvalue weighted by Crippen LogP contribution is -2.21. The van der Waals surface area contributed by atoms with Crippen molar-refractivity contribution in [2.24, 2.45) is 5.92 Å². The van der Waals surface area contributed by atoms with Crippen LogP contribution in [0.5, 0.6) is 0 Å². The fourth-order valence-corrected chi connectivity index (χ4v) is 1.87. The van der Waals surface area contributed by atoms with Crippen molar-refractivity contribution in [1.29, 1.82) is 0 Å². The van der Waals surface area contributed by atoms with Gasteiger partial charge in [0.1, 0.15) is 6.10 Å². The molecule has 0 bridgehead atoms. The molecule has 0 heterocycles. The Labute approximate surface area is 109 Å². The Balaban J connectivity index is 1.84. The molecule has 0 spiro atoms. The van der Waals surface area contributed by atoms with E-state index in [4.69, 9.17) is 4.74 Å². The van der Waals surface area contributed by atoms with Crippen molar-refractivity contribution < 1.29 is 9.53 Å². The van der Waals surface area contributed by atoms with Gasteiger partial charge in [-0.25, -0.2) is 4.79 Å². The summed E-state index contributed by atoms with van der Waals surface area (Å²) in [6, 6.07) is 7.62. The molecule has 0 radical (unpaired) electrons. The molecule has 1 fully saturated rings. The number of anilines is 1. The van der Waals surface area contributed by atoms with E-state index in [9.17, 15) is 4.79 Å². The van der Waals surface area contributed by atoms with Crippen molar-refractivity contribution in [1.82, 2.24) is 0 Å². The number of benzene rings is 1. The highest BCUT2D eigenvalue weighted by Crippen LogP contribution is 2.34. The van der Waals surface area contributed by atoms with Crippen LogP contribution in [0.1, 0.15) is 19.8 Å². The molecule has 1 aromatic rings. The SMILES string of the molecule is C[C@@H](OC(=O)Nc1ccc(I)cc1)C1CC1. The first-order valence-corrected chi connectivity index (χ1v) is 6.46. The van der Waals surface area contributed by atoms with Crippen molar-refractivity contribution in [2.45, 2.75) is 25.9 Å². The molecule has 1 aliphatic carbocycles. The first-order chi connectivity index (χ1) is 7.65. The van der Waals surface area contributed by atoms with Crippen LogP contribution in [0.2, 0.25) is 0 Å². The molecule has 0 aromatic heterocycles. The standard InChI is InChI=1S/C12H14INO2/c1-8(9-2-3-9)16-12(15)14-11-6-4-10(13)5-7-11/h4-9H,2-3H2,1H3,(H,14,15)/t8-/m1/s1. The fraction of sp³-hybridized carbons (Fsp3) is 0.417. The molecule has 16 heavy (non-hydrogen) atoms. The number of ether oxygens (including phenoxy) is 1. The molecule has 0 unspecified atom stereocenters. The van der Waals surface area contributed by atoms with Gasteiger partial charge in [-0.2, -0.15) is 0 Å². The van der Waals surface area contributed by atoms with Gasteiger partial charge in [-0.3, -0.25) is 5.32 Å². The lowest BCUT2D eigenvalue weighted by Gasteiger charge is -2.12. The van der Waals surface area contributed by atoms with Gasteiger partial charge in [0.2, 0.25) is 0 Å². The molecule has 1 saturated carbocycles. The number of halogens is 1. The van der Waals surface area contributed by atoms with Crippen molar-refractivity contribution in [3.63, 3.8) is 0 Å². The van der Waals surface area contributed by atoms with Crippen LogP contribution in [-0.4, -0.2) is 12.2 Å². The van der Waals surface area contributed by atoms with Crippen LogP contribution in [-0.2, 0) is 4.74 Å². The second-order valence-electron chi connectivity index (χ2n) is 4.08. The van der Waals surface area contributed by atoms with Gasteiger partial charge in [0.15, 0.2) is 0 Å². The van der Waals surface area contributed by atoms with Gasteiger partial charge >= 0.3 is 6.09 Å². The summed E-state index contributed by atoms with van der Waals surface area (Å²) in [5.74, 6) is 0.572. The molecule has 0 saturated heterocycles. The number of carbonyl (C=O) groups is 1. The first-order valence-electron chi connectivity index (χ1n) is 5.38. The van der Waals surface area contributed by atoms with E-state index in [1.165, 1.54) is 12.8 Å². The van der Waals surface area contributed by atoms with Gasteiger partial charge < -0.3 is 4.74 Å². The quantitative estimate of drug-likeness (QED) is 0.859. The smallest absolute Gasteiger partial charge is 0.411 e. The maximum atomic E-state index is 11.5. The van der Waals surface area contributed by atoms with E-state index >= 15 is 0 Å². The summed E-state index contributed by atoms with van der Waals surface area (Å²) in [5, 5.41) is 2.72. The molecular weight excluding hydrogens is 317 g/mol. The van der Waals surface area contributed by atoms with Crippen LogP contribution in [0.3, 0.4) is 0 Å². The number of nitrogens with one attached hydrogen (secondary N) is 1.